The van der Waals surface area contributed by atoms with Gasteiger partial charge in [0.25, 0.3) is 0 Å². The average molecular weight is 296 g/mol. The lowest BCUT2D eigenvalue weighted by Crippen LogP contribution is -2.40. The Kier molecular flexibility index (Phi) is 5.30. The van der Waals surface area contributed by atoms with Crippen LogP contribution >= 0.6 is 0 Å². The molecular formula is C17H34Si2. The van der Waals surface area contributed by atoms with Crippen LogP contribution in [0.15, 0.2) is 21.6 Å². The van der Waals surface area contributed by atoms with Gasteiger partial charge in [-0.3, -0.25) is 0 Å². The average Bonchev–Trinajstić information content (AvgIpc) is 2.52. The fourth-order valence-electron chi connectivity index (χ4n) is 3.63. The first-order valence-corrected chi connectivity index (χ1v) is 14.6. The van der Waals surface area contributed by atoms with Gasteiger partial charge in [0, 0.05) is 0 Å². The Morgan fingerprint density at radius 2 is 1.58 bits per heavy atom. The highest BCUT2D eigenvalue weighted by atomic mass is 28.4. The summed E-state index contributed by atoms with van der Waals surface area (Å²) in [6.07, 6.45) is 7.42. The van der Waals surface area contributed by atoms with Crippen LogP contribution in [0.3, 0.4) is 0 Å². The van der Waals surface area contributed by atoms with Gasteiger partial charge in [0.2, 0.25) is 0 Å². The third kappa shape index (κ3) is 4.19. The molecule has 0 amide bonds. The minimum Gasteiger partial charge on any atom is -0.0874 e. The number of allylic oxidation sites excluding steroid dienone is 2. The number of unbranched alkanes of at least 4 members (excludes halogenated alkanes) is 2. The summed E-state index contributed by atoms with van der Waals surface area (Å²) in [6, 6.07) is 0. The molecule has 1 heterocycles. The summed E-state index contributed by atoms with van der Waals surface area (Å²) in [7, 11) is -2.96. The van der Waals surface area contributed by atoms with E-state index in [0.29, 0.717) is 0 Å². The van der Waals surface area contributed by atoms with Gasteiger partial charge in [-0.25, -0.2) is 0 Å². The van der Waals surface area contributed by atoms with E-state index in [4.69, 9.17) is 1.37 Å². The number of rotatable bonds is 7. The largest absolute Gasteiger partial charge is 0.0955 e. The predicted molar refractivity (Wildman–Crippen MR) is 95.0 cm³/mol. The zero-order valence-electron chi connectivity index (χ0n) is 15.2. The minimum absolute atomic E-state index is 1.06. The van der Waals surface area contributed by atoms with Crippen molar-refractivity contribution in [1.29, 1.82) is 0 Å². The van der Waals surface area contributed by atoms with E-state index in [1.807, 2.05) is 0 Å². The van der Waals surface area contributed by atoms with Crippen molar-refractivity contribution in [3.63, 3.8) is 0 Å². The van der Waals surface area contributed by atoms with E-state index in [1.165, 1.54) is 37.7 Å². The van der Waals surface area contributed by atoms with Crippen LogP contribution < -0.4 is 0 Å². The molecule has 1 aliphatic heterocycles. The first-order chi connectivity index (χ1) is 9.17. The lowest BCUT2D eigenvalue weighted by Gasteiger charge is -2.31. The topological polar surface area (TPSA) is 0 Å². The lowest BCUT2D eigenvalue weighted by molar-refractivity contribution is 0.755. The molecule has 0 saturated carbocycles. The van der Waals surface area contributed by atoms with Crippen LogP contribution in [0.2, 0.25) is 32.7 Å². The molecule has 0 spiro atoms. The summed E-state index contributed by atoms with van der Waals surface area (Å²) in [6.45, 7) is 16.8. The highest BCUT2D eigenvalue weighted by Gasteiger charge is 2.40. The smallest absolute Gasteiger partial charge is 0.0874 e. The molecule has 0 unspecified atom stereocenters. The standard InChI is InChI=1S/C17H34Si2/c1-8-10-12-15-14-19(6,7)17(18(3,4)5)16(15)13-11-9-2/h14H,8-13H2,1-7H3/i14D. The summed E-state index contributed by atoms with van der Waals surface area (Å²) in [5, 5.41) is 0. The van der Waals surface area contributed by atoms with Crippen LogP contribution in [0.1, 0.15) is 53.7 Å². The summed E-state index contributed by atoms with van der Waals surface area (Å²) >= 11 is 0. The molecule has 0 aromatic heterocycles. The van der Waals surface area contributed by atoms with Crippen molar-refractivity contribution in [3.05, 3.63) is 21.6 Å². The fourth-order valence-corrected chi connectivity index (χ4v) is 14.7. The minimum atomic E-state index is -1.65. The highest BCUT2D eigenvalue weighted by Crippen LogP contribution is 2.42. The SMILES string of the molecule is [2H]C1=C(CCCC)C(CCCC)=C([Si](C)(C)C)[Si]1(C)C. The van der Waals surface area contributed by atoms with Gasteiger partial charge in [-0.05, 0) is 25.7 Å². The van der Waals surface area contributed by atoms with Gasteiger partial charge in [0.05, 0.1) is 17.5 Å². The quantitative estimate of drug-likeness (QED) is 0.486. The van der Waals surface area contributed by atoms with Gasteiger partial charge in [0.15, 0.2) is 0 Å². The maximum absolute atomic E-state index is 8.77. The molecule has 0 radical (unpaired) electrons. The van der Waals surface area contributed by atoms with Gasteiger partial charge in [-0.1, -0.05) is 81.1 Å². The highest BCUT2D eigenvalue weighted by molar-refractivity contribution is 7.08. The van der Waals surface area contributed by atoms with E-state index in [-0.39, 0.29) is 0 Å². The predicted octanol–water partition coefficient (Wildman–Crippen LogP) is 6.27. The van der Waals surface area contributed by atoms with E-state index in [2.05, 4.69) is 46.6 Å². The van der Waals surface area contributed by atoms with Crippen molar-refractivity contribution in [2.45, 2.75) is 85.1 Å². The van der Waals surface area contributed by atoms with Gasteiger partial charge in [-0.2, -0.15) is 0 Å². The Morgan fingerprint density at radius 3 is 2.05 bits per heavy atom. The Morgan fingerprint density at radius 1 is 1.05 bits per heavy atom. The van der Waals surface area contributed by atoms with E-state index in [9.17, 15) is 0 Å². The van der Waals surface area contributed by atoms with Gasteiger partial charge >= 0.3 is 0 Å². The van der Waals surface area contributed by atoms with Crippen LogP contribution in [0.4, 0.5) is 0 Å². The van der Waals surface area contributed by atoms with Crippen molar-refractivity contribution >= 4 is 16.1 Å². The third-order valence-corrected chi connectivity index (χ3v) is 12.5. The normalized spacial score (nSPS) is 20.3. The zero-order valence-corrected chi connectivity index (χ0v) is 16.2. The van der Waals surface area contributed by atoms with E-state index < -0.39 is 16.1 Å². The van der Waals surface area contributed by atoms with Gasteiger partial charge in [-0.15, -0.1) is 0 Å². The first kappa shape index (κ1) is 15.3. The van der Waals surface area contributed by atoms with Crippen LogP contribution in [0.25, 0.3) is 0 Å². The third-order valence-electron chi connectivity index (χ3n) is 4.07. The molecule has 0 aliphatic carbocycles. The van der Waals surface area contributed by atoms with E-state index in [1.54, 1.807) is 10.4 Å². The van der Waals surface area contributed by atoms with Gasteiger partial charge in [0.1, 0.15) is 0 Å². The molecule has 0 fully saturated rings. The second-order valence-corrected chi connectivity index (χ2v) is 17.0. The number of hydrogen-bond donors (Lipinski definition) is 0. The monoisotopic (exact) mass is 295 g/mol. The first-order valence-electron chi connectivity index (χ1n) is 8.62. The molecule has 0 bridgehead atoms. The molecule has 2 heteroatoms. The van der Waals surface area contributed by atoms with Crippen molar-refractivity contribution in [2.75, 3.05) is 0 Å². The molecule has 0 atom stereocenters. The van der Waals surface area contributed by atoms with Crippen LogP contribution in [0.5, 0.6) is 0 Å². The molecule has 0 aromatic carbocycles. The Labute approximate surface area is 124 Å². The molecule has 1 rings (SSSR count). The Bertz CT molecular complexity index is 411. The van der Waals surface area contributed by atoms with Crippen LogP contribution in [-0.4, -0.2) is 16.1 Å². The van der Waals surface area contributed by atoms with E-state index >= 15 is 0 Å². The summed E-state index contributed by atoms with van der Waals surface area (Å²) in [4.78, 5) is 1.80. The molecule has 1 aliphatic rings. The summed E-state index contributed by atoms with van der Waals surface area (Å²) in [5.41, 5.74) is 4.19. The van der Waals surface area contributed by atoms with Crippen molar-refractivity contribution in [3.8, 4) is 0 Å². The second kappa shape index (κ2) is 6.58. The summed E-state index contributed by atoms with van der Waals surface area (Å²) < 4.78 is 8.77. The molecular weight excluding hydrogens is 260 g/mol. The second-order valence-electron chi connectivity index (χ2n) is 7.54. The molecule has 19 heavy (non-hydrogen) atoms. The van der Waals surface area contributed by atoms with Crippen LogP contribution in [0, 0.1) is 0 Å². The van der Waals surface area contributed by atoms with E-state index in [0.717, 1.165) is 12.1 Å². The van der Waals surface area contributed by atoms with Crippen molar-refractivity contribution in [2.24, 2.45) is 0 Å². The maximum Gasteiger partial charge on any atom is 0.0955 e. The summed E-state index contributed by atoms with van der Waals surface area (Å²) in [5.74, 6) is 0. The molecule has 110 valence electrons. The molecule has 0 aromatic rings. The molecule has 0 nitrogen and oxygen atoms in total. The Hall–Kier alpha value is -0.0862. The van der Waals surface area contributed by atoms with Crippen molar-refractivity contribution < 1.29 is 1.37 Å². The molecule has 0 saturated heterocycles. The maximum atomic E-state index is 8.77. The molecule has 0 N–H and O–H groups in total. The lowest BCUT2D eigenvalue weighted by atomic mass is 9.99. The van der Waals surface area contributed by atoms with Gasteiger partial charge < -0.3 is 0 Å². The fraction of sp³-hybridized carbons (Fsp3) is 0.765. The Balaban J connectivity index is 3.30. The number of hydrogen-bond acceptors (Lipinski definition) is 0. The zero-order chi connectivity index (χ0) is 15.6. The van der Waals surface area contributed by atoms with Crippen molar-refractivity contribution in [1.82, 2.24) is 0 Å². The van der Waals surface area contributed by atoms with Crippen LogP contribution in [-0.2, 0) is 0 Å².